The molecule has 0 radical (unpaired) electrons. The van der Waals surface area contributed by atoms with E-state index < -0.39 is 17.5 Å². The van der Waals surface area contributed by atoms with Gasteiger partial charge in [0.15, 0.2) is 0 Å². The lowest BCUT2D eigenvalue weighted by Gasteiger charge is -2.11. The summed E-state index contributed by atoms with van der Waals surface area (Å²) in [6.45, 7) is 1.74. The topological polar surface area (TPSA) is 110 Å². The molecule has 0 atom stereocenters. The summed E-state index contributed by atoms with van der Waals surface area (Å²) in [6, 6.07) is 14.6. The van der Waals surface area contributed by atoms with Gasteiger partial charge < -0.3 is 14.8 Å². The van der Waals surface area contributed by atoms with Gasteiger partial charge in [0.25, 0.3) is 5.91 Å². The van der Waals surface area contributed by atoms with Crippen LogP contribution in [0.15, 0.2) is 63.8 Å². The number of nitrogens with one attached hydrogen (secondary N) is 1. The molecule has 0 saturated carbocycles. The van der Waals surface area contributed by atoms with Crippen molar-refractivity contribution >= 4 is 39.4 Å². The molecule has 0 unspecified atom stereocenters. The first kappa shape index (κ1) is 17.4. The Bertz CT molecular complexity index is 1320. The van der Waals surface area contributed by atoms with Crippen molar-refractivity contribution in [3.05, 3.63) is 81.8 Å². The van der Waals surface area contributed by atoms with Crippen LogP contribution in [0.2, 0.25) is 0 Å². The monoisotopic (exact) mass is 374 g/mol. The van der Waals surface area contributed by atoms with Gasteiger partial charge in [0.2, 0.25) is 0 Å². The maximum Gasteiger partial charge on any atom is 0.347 e. The molecular weight excluding hydrogens is 360 g/mol. The fraction of sp³-hybridized carbons (Fsp3) is 0.0476. The molecule has 0 saturated heterocycles. The van der Waals surface area contributed by atoms with Gasteiger partial charge in [-0.05, 0) is 31.2 Å². The van der Waals surface area contributed by atoms with Gasteiger partial charge in [0, 0.05) is 16.5 Å². The zero-order chi connectivity index (χ0) is 19.8. The molecule has 138 valence electrons. The third-order valence-corrected chi connectivity index (χ3v) is 4.37. The predicted molar refractivity (Wildman–Crippen MR) is 104 cm³/mol. The second kappa shape index (κ2) is 6.62. The Hall–Kier alpha value is -4.00. The summed E-state index contributed by atoms with van der Waals surface area (Å²) in [6.07, 6.45) is 0. The maximum atomic E-state index is 12.7. The van der Waals surface area contributed by atoms with Crippen LogP contribution in [-0.4, -0.2) is 22.0 Å². The number of anilines is 1. The minimum absolute atomic E-state index is 0.0275. The average Bonchev–Trinajstić information content (AvgIpc) is 2.67. The standard InChI is InChI=1S/C21H14N2O5/c1-11-10-15-12-6-4-5-9-16(12)28-21(27)17(15)18(22-11)23-19(24)13-7-2-3-8-14(13)20(25)26/h2-10H,1H3,(H,25,26)(H,22,23,24). The highest BCUT2D eigenvalue weighted by Gasteiger charge is 2.19. The van der Waals surface area contributed by atoms with Crippen LogP contribution in [0.25, 0.3) is 21.7 Å². The van der Waals surface area contributed by atoms with Crippen molar-refractivity contribution in [3.63, 3.8) is 0 Å². The Kier molecular flexibility index (Phi) is 4.12. The van der Waals surface area contributed by atoms with E-state index in [-0.39, 0.29) is 22.3 Å². The summed E-state index contributed by atoms with van der Waals surface area (Å²) < 4.78 is 5.36. The fourth-order valence-electron chi connectivity index (χ4n) is 3.15. The van der Waals surface area contributed by atoms with Gasteiger partial charge in [-0.1, -0.05) is 30.3 Å². The van der Waals surface area contributed by atoms with Crippen molar-refractivity contribution in [3.8, 4) is 0 Å². The Labute approximate surface area is 158 Å². The van der Waals surface area contributed by atoms with E-state index >= 15 is 0 Å². The van der Waals surface area contributed by atoms with Crippen LogP contribution in [0.3, 0.4) is 0 Å². The number of benzene rings is 2. The number of aromatic carboxylic acids is 1. The summed E-state index contributed by atoms with van der Waals surface area (Å²) in [7, 11) is 0. The Morgan fingerprint density at radius 1 is 1.00 bits per heavy atom. The van der Waals surface area contributed by atoms with Gasteiger partial charge in [0.05, 0.1) is 11.1 Å². The lowest BCUT2D eigenvalue weighted by atomic mass is 10.1. The number of carbonyl (C=O) groups is 2. The highest BCUT2D eigenvalue weighted by atomic mass is 16.4. The summed E-state index contributed by atoms with van der Waals surface area (Å²) in [5, 5.41) is 13.3. The van der Waals surface area contributed by atoms with Gasteiger partial charge in [-0.15, -0.1) is 0 Å². The number of carboxylic acids is 1. The zero-order valence-electron chi connectivity index (χ0n) is 14.7. The van der Waals surface area contributed by atoms with Crippen molar-refractivity contribution in [1.29, 1.82) is 0 Å². The average molecular weight is 374 g/mol. The van der Waals surface area contributed by atoms with E-state index in [1.54, 1.807) is 31.2 Å². The number of pyridine rings is 1. The molecule has 2 aromatic heterocycles. The molecule has 2 heterocycles. The molecule has 2 N–H and O–H groups in total. The SMILES string of the molecule is Cc1cc2c(c(NC(=O)c3ccccc3C(=O)O)n1)c(=O)oc1ccccc12. The summed E-state index contributed by atoms with van der Waals surface area (Å²) in [4.78, 5) is 40.9. The maximum absolute atomic E-state index is 12.7. The lowest BCUT2D eigenvalue weighted by Crippen LogP contribution is -2.19. The first-order chi connectivity index (χ1) is 13.5. The van der Waals surface area contributed by atoms with E-state index in [0.29, 0.717) is 22.0 Å². The molecule has 0 aliphatic heterocycles. The van der Waals surface area contributed by atoms with Crippen LogP contribution < -0.4 is 10.9 Å². The summed E-state index contributed by atoms with van der Waals surface area (Å²) in [5.74, 6) is -1.87. The molecule has 4 aromatic rings. The van der Waals surface area contributed by atoms with E-state index in [1.165, 1.54) is 18.2 Å². The fourth-order valence-corrected chi connectivity index (χ4v) is 3.15. The van der Waals surface area contributed by atoms with Crippen LogP contribution in [-0.2, 0) is 0 Å². The number of aromatic nitrogens is 1. The predicted octanol–water partition coefficient (Wildman–Crippen LogP) is 3.60. The van der Waals surface area contributed by atoms with Crippen molar-refractivity contribution in [1.82, 2.24) is 4.98 Å². The van der Waals surface area contributed by atoms with E-state index in [9.17, 15) is 19.5 Å². The molecule has 28 heavy (non-hydrogen) atoms. The smallest absolute Gasteiger partial charge is 0.347 e. The second-order valence-electron chi connectivity index (χ2n) is 6.23. The van der Waals surface area contributed by atoms with Crippen LogP contribution >= 0.6 is 0 Å². The van der Waals surface area contributed by atoms with Crippen molar-refractivity contribution in [2.75, 3.05) is 5.32 Å². The van der Waals surface area contributed by atoms with Gasteiger partial charge in [0.1, 0.15) is 16.8 Å². The number of fused-ring (bicyclic) bond motifs is 3. The largest absolute Gasteiger partial charge is 0.478 e. The molecule has 0 bridgehead atoms. The van der Waals surface area contributed by atoms with E-state index in [2.05, 4.69) is 10.3 Å². The normalized spacial score (nSPS) is 10.9. The number of hydrogen-bond acceptors (Lipinski definition) is 5. The number of rotatable bonds is 3. The van der Waals surface area contributed by atoms with Gasteiger partial charge in [-0.2, -0.15) is 0 Å². The quantitative estimate of drug-likeness (QED) is 0.419. The van der Waals surface area contributed by atoms with Crippen LogP contribution in [0, 0.1) is 6.92 Å². The van der Waals surface area contributed by atoms with E-state index in [1.807, 2.05) is 12.1 Å². The van der Waals surface area contributed by atoms with Crippen LogP contribution in [0.5, 0.6) is 0 Å². The molecule has 4 rings (SSSR count). The summed E-state index contributed by atoms with van der Waals surface area (Å²) in [5.41, 5.74) is 0.207. The molecule has 0 aliphatic rings. The van der Waals surface area contributed by atoms with Crippen molar-refractivity contribution in [2.24, 2.45) is 0 Å². The van der Waals surface area contributed by atoms with E-state index in [0.717, 1.165) is 0 Å². The first-order valence-corrected chi connectivity index (χ1v) is 8.42. The molecule has 7 heteroatoms. The summed E-state index contributed by atoms with van der Waals surface area (Å²) >= 11 is 0. The Balaban J connectivity index is 1.91. The first-order valence-electron chi connectivity index (χ1n) is 8.42. The molecule has 0 spiro atoms. The van der Waals surface area contributed by atoms with Crippen LogP contribution in [0.4, 0.5) is 5.82 Å². The second-order valence-corrected chi connectivity index (χ2v) is 6.23. The minimum Gasteiger partial charge on any atom is -0.478 e. The van der Waals surface area contributed by atoms with Gasteiger partial charge in [-0.25, -0.2) is 14.6 Å². The number of amides is 1. The molecule has 0 aliphatic carbocycles. The van der Waals surface area contributed by atoms with Crippen molar-refractivity contribution < 1.29 is 19.1 Å². The number of carbonyl (C=O) groups excluding carboxylic acids is 1. The highest BCUT2D eigenvalue weighted by molar-refractivity contribution is 6.15. The molecule has 1 amide bonds. The Morgan fingerprint density at radius 2 is 1.68 bits per heavy atom. The zero-order valence-corrected chi connectivity index (χ0v) is 14.7. The third kappa shape index (κ3) is 2.88. The number of nitrogens with zero attached hydrogens (tertiary/aromatic N) is 1. The Morgan fingerprint density at radius 3 is 2.43 bits per heavy atom. The molecule has 2 aromatic carbocycles. The number of carboxylic acid groups (broad SMARTS) is 1. The highest BCUT2D eigenvalue weighted by Crippen LogP contribution is 2.27. The number of hydrogen-bond donors (Lipinski definition) is 2. The molecule has 0 fully saturated rings. The minimum atomic E-state index is -1.22. The van der Waals surface area contributed by atoms with Crippen molar-refractivity contribution in [2.45, 2.75) is 6.92 Å². The van der Waals surface area contributed by atoms with Gasteiger partial charge >= 0.3 is 11.6 Å². The molecule has 7 nitrogen and oxygen atoms in total. The van der Waals surface area contributed by atoms with Gasteiger partial charge in [-0.3, -0.25) is 4.79 Å². The third-order valence-electron chi connectivity index (χ3n) is 4.37. The molecular formula is C21H14N2O5. The van der Waals surface area contributed by atoms with Crippen LogP contribution in [0.1, 0.15) is 26.4 Å². The number of aryl methyl sites for hydroxylation is 1. The van der Waals surface area contributed by atoms with E-state index in [4.69, 9.17) is 4.42 Å². The number of para-hydroxylation sites is 1. The lowest BCUT2D eigenvalue weighted by molar-refractivity contribution is 0.0692.